The molecule has 1 aliphatic carbocycles. The molecule has 21 heavy (non-hydrogen) atoms. The second kappa shape index (κ2) is 5.79. The van der Waals surface area contributed by atoms with Crippen molar-refractivity contribution in [2.45, 2.75) is 44.8 Å². The lowest BCUT2D eigenvalue weighted by molar-refractivity contribution is -0.151. The maximum absolute atomic E-state index is 12.6. The molecule has 2 atom stereocenters. The first-order chi connectivity index (χ1) is 10.1. The number of hydrogen-bond acceptors (Lipinski definition) is 2. The Morgan fingerprint density at radius 2 is 2.10 bits per heavy atom. The van der Waals surface area contributed by atoms with E-state index in [4.69, 9.17) is 0 Å². The second-order valence-electron chi connectivity index (χ2n) is 5.85. The number of carbonyl (C=O) groups is 2. The fraction of sp³-hybridized carbons (Fsp3) is 0.500. The first-order valence-corrected chi connectivity index (χ1v) is 8.24. The van der Waals surface area contributed by atoms with E-state index in [-0.39, 0.29) is 23.9 Å². The van der Waals surface area contributed by atoms with Gasteiger partial charge in [-0.1, -0.05) is 35.0 Å². The number of piperazine rings is 1. The second-order valence-corrected chi connectivity index (χ2v) is 6.76. The molecule has 1 aromatic rings. The molecule has 112 valence electrons. The molecular formula is C16H19BrN2O2. The van der Waals surface area contributed by atoms with Gasteiger partial charge in [-0.15, -0.1) is 0 Å². The molecule has 1 saturated heterocycles. The summed E-state index contributed by atoms with van der Waals surface area (Å²) < 4.78 is 0.990. The molecule has 1 N–H and O–H groups in total. The van der Waals surface area contributed by atoms with Crippen molar-refractivity contribution in [1.29, 1.82) is 0 Å². The summed E-state index contributed by atoms with van der Waals surface area (Å²) in [5, 5.41) is 2.87. The van der Waals surface area contributed by atoms with Gasteiger partial charge in [-0.05, 0) is 42.9 Å². The topological polar surface area (TPSA) is 49.4 Å². The standard InChI is InChI=1S/C16H19BrN2O2/c1-2-13-16(21)19(9-10-4-3-5-12(17)8-10)14(11-6-7-11)15(20)18-13/h3-5,8,11,13-14H,2,6-7,9H2,1H3,(H,18,20). The van der Waals surface area contributed by atoms with Crippen molar-refractivity contribution in [2.24, 2.45) is 5.92 Å². The van der Waals surface area contributed by atoms with E-state index in [1.54, 1.807) is 4.90 Å². The molecule has 2 fully saturated rings. The molecule has 2 amide bonds. The molecule has 0 bridgehead atoms. The Labute approximate surface area is 133 Å². The van der Waals surface area contributed by atoms with Crippen molar-refractivity contribution < 1.29 is 9.59 Å². The predicted molar refractivity (Wildman–Crippen MR) is 83.4 cm³/mol. The third-order valence-electron chi connectivity index (χ3n) is 4.22. The lowest BCUT2D eigenvalue weighted by Gasteiger charge is -2.39. The highest BCUT2D eigenvalue weighted by atomic mass is 79.9. The Hall–Kier alpha value is -1.36. The van der Waals surface area contributed by atoms with Gasteiger partial charge in [-0.3, -0.25) is 9.59 Å². The first kappa shape index (κ1) is 14.6. The van der Waals surface area contributed by atoms with Gasteiger partial charge in [-0.25, -0.2) is 0 Å². The molecule has 2 aliphatic rings. The summed E-state index contributed by atoms with van der Waals surface area (Å²) in [4.78, 5) is 26.8. The zero-order chi connectivity index (χ0) is 15.0. The molecular weight excluding hydrogens is 332 g/mol. The number of amides is 2. The van der Waals surface area contributed by atoms with Gasteiger partial charge in [0.05, 0.1) is 0 Å². The van der Waals surface area contributed by atoms with E-state index in [2.05, 4.69) is 21.2 Å². The molecule has 0 spiro atoms. The average molecular weight is 351 g/mol. The van der Waals surface area contributed by atoms with Crippen LogP contribution in [0.5, 0.6) is 0 Å². The van der Waals surface area contributed by atoms with Crippen LogP contribution in [0.15, 0.2) is 28.7 Å². The lowest BCUT2D eigenvalue weighted by Crippen LogP contribution is -2.63. The summed E-state index contributed by atoms with van der Waals surface area (Å²) in [7, 11) is 0. The van der Waals surface area contributed by atoms with Gasteiger partial charge in [0.15, 0.2) is 0 Å². The minimum absolute atomic E-state index is 0.0129. The zero-order valence-corrected chi connectivity index (χ0v) is 13.6. The number of halogens is 1. The van der Waals surface area contributed by atoms with Crippen LogP contribution in [-0.2, 0) is 16.1 Å². The Morgan fingerprint density at radius 1 is 1.33 bits per heavy atom. The molecule has 1 aromatic carbocycles. The van der Waals surface area contributed by atoms with Crippen LogP contribution in [0.4, 0.5) is 0 Å². The fourth-order valence-corrected chi connectivity index (χ4v) is 3.41. The Balaban J connectivity index is 1.86. The Kier molecular flexibility index (Phi) is 4.02. The Morgan fingerprint density at radius 3 is 2.71 bits per heavy atom. The van der Waals surface area contributed by atoms with Crippen LogP contribution in [0.3, 0.4) is 0 Å². The molecule has 4 nitrogen and oxygen atoms in total. The Bertz CT molecular complexity index is 571. The van der Waals surface area contributed by atoms with Crippen LogP contribution in [-0.4, -0.2) is 28.8 Å². The smallest absolute Gasteiger partial charge is 0.246 e. The van der Waals surface area contributed by atoms with Crippen LogP contribution >= 0.6 is 15.9 Å². The summed E-state index contributed by atoms with van der Waals surface area (Å²) in [6.45, 7) is 2.43. The van der Waals surface area contributed by atoms with Gasteiger partial charge in [-0.2, -0.15) is 0 Å². The average Bonchev–Trinajstić information content (AvgIpc) is 3.27. The molecule has 3 rings (SSSR count). The van der Waals surface area contributed by atoms with Crippen LogP contribution in [0.2, 0.25) is 0 Å². The van der Waals surface area contributed by atoms with E-state index in [9.17, 15) is 9.59 Å². The fourth-order valence-electron chi connectivity index (χ4n) is 2.96. The predicted octanol–water partition coefficient (Wildman–Crippen LogP) is 2.46. The van der Waals surface area contributed by atoms with Crippen molar-refractivity contribution >= 4 is 27.7 Å². The largest absolute Gasteiger partial charge is 0.343 e. The van der Waals surface area contributed by atoms with Gasteiger partial charge in [0.1, 0.15) is 12.1 Å². The quantitative estimate of drug-likeness (QED) is 0.906. The minimum Gasteiger partial charge on any atom is -0.343 e. The van der Waals surface area contributed by atoms with E-state index >= 15 is 0 Å². The van der Waals surface area contributed by atoms with Gasteiger partial charge < -0.3 is 10.2 Å². The van der Waals surface area contributed by atoms with E-state index in [1.165, 1.54) is 0 Å². The number of benzene rings is 1. The molecule has 5 heteroatoms. The zero-order valence-electron chi connectivity index (χ0n) is 12.0. The van der Waals surface area contributed by atoms with Crippen molar-refractivity contribution in [1.82, 2.24) is 10.2 Å². The normalized spacial score (nSPS) is 25.9. The minimum atomic E-state index is -0.375. The van der Waals surface area contributed by atoms with Gasteiger partial charge in [0, 0.05) is 11.0 Å². The molecule has 1 heterocycles. The van der Waals surface area contributed by atoms with Crippen LogP contribution in [0.1, 0.15) is 31.7 Å². The number of nitrogens with one attached hydrogen (secondary N) is 1. The number of nitrogens with zero attached hydrogens (tertiary/aromatic N) is 1. The summed E-state index contributed by atoms with van der Waals surface area (Å²) >= 11 is 3.45. The number of rotatable bonds is 4. The monoisotopic (exact) mass is 350 g/mol. The summed E-state index contributed by atoms with van der Waals surface area (Å²) in [5.41, 5.74) is 1.05. The van der Waals surface area contributed by atoms with Gasteiger partial charge >= 0.3 is 0 Å². The maximum atomic E-state index is 12.6. The summed E-state index contributed by atoms with van der Waals surface area (Å²) in [5.74, 6) is 0.395. The molecule has 2 unspecified atom stereocenters. The van der Waals surface area contributed by atoms with E-state index in [1.807, 2.05) is 31.2 Å². The summed E-state index contributed by atoms with van der Waals surface area (Å²) in [6, 6.07) is 7.25. The van der Waals surface area contributed by atoms with Crippen molar-refractivity contribution in [2.75, 3.05) is 0 Å². The van der Waals surface area contributed by atoms with E-state index in [0.717, 1.165) is 22.9 Å². The van der Waals surface area contributed by atoms with Gasteiger partial charge in [0.2, 0.25) is 11.8 Å². The third kappa shape index (κ3) is 2.98. The highest BCUT2D eigenvalue weighted by Gasteiger charge is 2.47. The maximum Gasteiger partial charge on any atom is 0.246 e. The molecule has 0 radical (unpaired) electrons. The summed E-state index contributed by atoms with van der Waals surface area (Å²) in [6.07, 6.45) is 2.71. The highest BCUT2D eigenvalue weighted by Crippen LogP contribution is 2.37. The SMILES string of the molecule is CCC1NC(=O)C(C2CC2)N(Cc2cccc(Br)c2)C1=O. The number of hydrogen-bond donors (Lipinski definition) is 1. The highest BCUT2D eigenvalue weighted by molar-refractivity contribution is 9.10. The van der Waals surface area contributed by atoms with Crippen LogP contribution < -0.4 is 5.32 Å². The van der Waals surface area contributed by atoms with Gasteiger partial charge in [0.25, 0.3) is 0 Å². The van der Waals surface area contributed by atoms with E-state index in [0.29, 0.717) is 18.9 Å². The van der Waals surface area contributed by atoms with Crippen LogP contribution in [0.25, 0.3) is 0 Å². The van der Waals surface area contributed by atoms with Crippen molar-refractivity contribution in [3.05, 3.63) is 34.3 Å². The molecule has 1 saturated carbocycles. The third-order valence-corrected chi connectivity index (χ3v) is 4.71. The lowest BCUT2D eigenvalue weighted by atomic mass is 10.0. The van der Waals surface area contributed by atoms with Crippen LogP contribution in [0, 0.1) is 5.92 Å². The van der Waals surface area contributed by atoms with Crippen molar-refractivity contribution in [3.8, 4) is 0 Å². The number of carbonyl (C=O) groups excluding carboxylic acids is 2. The van der Waals surface area contributed by atoms with Crippen molar-refractivity contribution in [3.63, 3.8) is 0 Å². The van der Waals surface area contributed by atoms with E-state index < -0.39 is 0 Å². The molecule has 0 aromatic heterocycles. The molecule has 1 aliphatic heterocycles. The first-order valence-electron chi connectivity index (χ1n) is 7.45.